The summed E-state index contributed by atoms with van der Waals surface area (Å²) in [6, 6.07) is 5.59. The van der Waals surface area contributed by atoms with E-state index in [1.54, 1.807) is 0 Å². The van der Waals surface area contributed by atoms with Crippen LogP contribution in [-0.2, 0) is 0 Å². The van der Waals surface area contributed by atoms with Gasteiger partial charge in [-0.1, -0.05) is 6.07 Å². The van der Waals surface area contributed by atoms with Crippen LogP contribution in [0.4, 0.5) is 0 Å². The molecule has 0 aliphatic carbocycles. The lowest BCUT2D eigenvalue weighted by molar-refractivity contribution is 0.758. The highest BCUT2D eigenvalue weighted by Crippen LogP contribution is 2.10. The zero-order valence-electron chi connectivity index (χ0n) is 7.05. The third kappa shape index (κ3) is 1.33. The highest BCUT2D eigenvalue weighted by Gasteiger charge is 2.06. The molecule has 2 N–H and O–H groups in total. The van der Waals surface area contributed by atoms with Crippen LogP contribution in [0.1, 0.15) is 5.69 Å². The fourth-order valence-electron chi connectivity index (χ4n) is 1.03. The van der Waals surface area contributed by atoms with Crippen molar-refractivity contribution in [3.05, 3.63) is 23.9 Å². The maximum Gasteiger partial charge on any atom is 0.222 e. The number of nitrogen functional groups attached to an aromatic ring is 1. The topological polar surface area (TPSA) is 82.5 Å². The summed E-state index contributed by atoms with van der Waals surface area (Å²) in [6.07, 6.45) is 0. The van der Waals surface area contributed by atoms with Crippen LogP contribution in [0.3, 0.4) is 0 Å². The molecular weight excluding hydrogens is 168 g/mol. The van der Waals surface area contributed by atoms with Gasteiger partial charge in [-0.2, -0.15) is 0 Å². The Morgan fingerprint density at radius 3 is 2.85 bits per heavy atom. The van der Waals surface area contributed by atoms with Gasteiger partial charge in [-0.15, -0.1) is 9.89 Å². The van der Waals surface area contributed by atoms with Gasteiger partial charge in [0.25, 0.3) is 0 Å². The van der Waals surface area contributed by atoms with E-state index >= 15 is 0 Å². The maximum atomic E-state index is 5.46. The Kier molecular flexibility index (Phi) is 1.66. The Morgan fingerprint density at radius 1 is 1.38 bits per heavy atom. The molecule has 6 heteroatoms. The Labute approximate surface area is 74.4 Å². The second-order valence-electron chi connectivity index (χ2n) is 2.61. The fraction of sp³-hybridized carbons (Fsp3) is 0.143. The van der Waals surface area contributed by atoms with Gasteiger partial charge in [-0.05, 0) is 29.5 Å². The summed E-state index contributed by atoms with van der Waals surface area (Å²) in [7, 11) is 0. The molecule has 0 unspecified atom stereocenters. The SMILES string of the molecule is Cc1cccc(-c2nnnn2N)n1. The molecule has 2 aromatic heterocycles. The van der Waals surface area contributed by atoms with E-state index in [0.29, 0.717) is 11.5 Å². The first-order chi connectivity index (χ1) is 6.27. The lowest BCUT2D eigenvalue weighted by Crippen LogP contribution is -2.12. The number of aryl methyl sites for hydroxylation is 1. The predicted octanol–water partition coefficient (Wildman–Crippen LogP) is -0.243. The molecule has 6 nitrogen and oxygen atoms in total. The standard InChI is InChI=1S/C7H8N6/c1-5-3-2-4-6(9-5)7-10-11-12-13(7)8/h2-4H,8H2,1H3. The molecular formula is C7H8N6. The van der Waals surface area contributed by atoms with Crippen molar-refractivity contribution in [1.82, 2.24) is 25.3 Å². The van der Waals surface area contributed by atoms with Gasteiger partial charge in [0.15, 0.2) is 0 Å². The number of hydrogen-bond acceptors (Lipinski definition) is 5. The van der Waals surface area contributed by atoms with E-state index in [9.17, 15) is 0 Å². The summed E-state index contributed by atoms with van der Waals surface area (Å²) in [4.78, 5) is 5.33. The van der Waals surface area contributed by atoms with Crippen molar-refractivity contribution in [3.63, 3.8) is 0 Å². The third-order valence-corrected chi connectivity index (χ3v) is 1.61. The number of hydrogen-bond donors (Lipinski definition) is 1. The molecule has 0 saturated carbocycles. The van der Waals surface area contributed by atoms with E-state index in [2.05, 4.69) is 20.5 Å². The van der Waals surface area contributed by atoms with E-state index in [0.717, 1.165) is 10.5 Å². The first-order valence-corrected chi connectivity index (χ1v) is 3.75. The molecule has 0 radical (unpaired) electrons. The number of nitrogens with two attached hydrogens (primary N) is 1. The second-order valence-corrected chi connectivity index (χ2v) is 2.61. The minimum Gasteiger partial charge on any atom is -0.320 e. The normalized spacial score (nSPS) is 10.2. The van der Waals surface area contributed by atoms with Crippen LogP contribution in [-0.4, -0.2) is 25.3 Å². The van der Waals surface area contributed by atoms with Crippen molar-refractivity contribution < 1.29 is 0 Å². The smallest absolute Gasteiger partial charge is 0.222 e. The van der Waals surface area contributed by atoms with Gasteiger partial charge in [0.1, 0.15) is 5.69 Å². The van der Waals surface area contributed by atoms with E-state index in [1.165, 1.54) is 0 Å². The molecule has 0 bridgehead atoms. The summed E-state index contributed by atoms with van der Waals surface area (Å²) in [6.45, 7) is 1.90. The lowest BCUT2D eigenvalue weighted by atomic mass is 10.3. The Bertz CT molecular complexity index is 420. The monoisotopic (exact) mass is 176 g/mol. The van der Waals surface area contributed by atoms with Crippen molar-refractivity contribution in [2.45, 2.75) is 6.92 Å². The molecule has 2 heterocycles. The zero-order chi connectivity index (χ0) is 9.26. The average molecular weight is 176 g/mol. The van der Waals surface area contributed by atoms with Gasteiger partial charge < -0.3 is 5.84 Å². The minimum atomic E-state index is 0.462. The van der Waals surface area contributed by atoms with Gasteiger partial charge >= 0.3 is 0 Å². The molecule has 0 amide bonds. The van der Waals surface area contributed by atoms with Gasteiger partial charge in [0.05, 0.1) is 0 Å². The Balaban J connectivity index is 2.53. The fourth-order valence-corrected chi connectivity index (χ4v) is 1.03. The van der Waals surface area contributed by atoms with Crippen molar-refractivity contribution in [2.24, 2.45) is 0 Å². The number of aromatic nitrogens is 5. The van der Waals surface area contributed by atoms with Crippen LogP contribution in [0.15, 0.2) is 18.2 Å². The molecule has 0 spiro atoms. The zero-order valence-corrected chi connectivity index (χ0v) is 7.05. The number of rotatable bonds is 1. The number of pyridine rings is 1. The summed E-state index contributed by atoms with van der Waals surface area (Å²) >= 11 is 0. The van der Waals surface area contributed by atoms with Gasteiger partial charge in [0, 0.05) is 5.69 Å². The van der Waals surface area contributed by atoms with Gasteiger partial charge in [-0.25, -0.2) is 4.98 Å². The Hall–Kier alpha value is -1.98. The Morgan fingerprint density at radius 2 is 2.23 bits per heavy atom. The van der Waals surface area contributed by atoms with Gasteiger partial charge in [-0.3, -0.25) is 0 Å². The lowest BCUT2D eigenvalue weighted by Gasteiger charge is -1.97. The first-order valence-electron chi connectivity index (χ1n) is 3.75. The largest absolute Gasteiger partial charge is 0.320 e. The van der Waals surface area contributed by atoms with E-state index in [1.807, 2.05) is 25.1 Å². The number of nitrogens with zero attached hydrogens (tertiary/aromatic N) is 5. The van der Waals surface area contributed by atoms with Gasteiger partial charge in [0.2, 0.25) is 5.82 Å². The summed E-state index contributed by atoms with van der Waals surface area (Å²) in [5, 5.41) is 10.7. The van der Waals surface area contributed by atoms with Crippen LogP contribution in [0, 0.1) is 6.92 Å². The first kappa shape index (κ1) is 7.66. The van der Waals surface area contributed by atoms with E-state index in [-0.39, 0.29) is 0 Å². The predicted molar refractivity (Wildman–Crippen MR) is 45.9 cm³/mol. The molecule has 0 saturated heterocycles. The summed E-state index contributed by atoms with van der Waals surface area (Å²) < 4.78 is 0. The molecule has 0 aliphatic heterocycles. The molecule has 2 aromatic rings. The highest BCUT2D eigenvalue weighted by molar-refractivity contribution is 5.48. The second kappa shape index (κ2) is 2.81. The van der Waals surface area contributed by atoms with Crippen LogP contribution in [0.5, 0.6) is 0 Å². The molecule has 0 aliphatic rings. The van der Waals surface area contributed by atoms with Crippen molar-refractivity contribution in [3.8, 4) is 11.5 Å². The highest BCUT2D eigenvalue weighted by atomic mass is 15.6. The number of tetrazole rings is 1. The summed E-state index contributed by atoms with van der Waals surface area (Å²) in [5.74, 6) is 5.92. The molecule has 2 rings (SSSR count). The molecule has 13 heavy (non-hydrogen) atoms. The quantitative estimate of drug-likeness (QED) is 0.606. The van der Waals surface area contributed by atoms with Crippen molar-refractivity contribution in [1.29, 1.82) is 0 Å². The molecule has 0 aromatic carbocycles. The van der Waals surface area contributed by atoms with Crippen LogP contribution < -0.4 is 5.84 Å². The molecule has 0 fully saturated rings. The molecule has 0 atom stereocenters. The van der Waals surface area contributed by atoms with E-state index < -0.39 is 0 Å². The summed E-state index contributed by atoms with van der Waals surface area (Å²) in [5.41, 5.74) is 1.58. The van der Waals surface area contributed by atoms with Crippen molar-refractivity contribution in [2.75, 3.05) is 5.84 Å². The maximum absolute atomic E-state index is 5.46. The van der Waals surface area contributed by atoms with E-state index in [4.69, 9.17) is 5.84 Å². The molecule has 66 valence electrons. The van der Waals surface area contributed by atoms with Crippen LogP contribution >= 0.6 is 0 Å². The van der Waals surface area contributed by atoms with Crippen molar-refractivity contribution >= 4 is 0 Å². The van der Waals surface area contributed by atoms with Crippen LogP contribution in [0.2, 0.25) is 0 Å². The average Bonchev–Trinajstić information content (AvgIpc) is 2.51. The van der Waals surface area contributed by atoms with Crippen LogP contribution in [0.25, 0.3) is 11.5 Å². The third-order valence-electron chi connectivity index (χ3n) is 1.61. The minimum absolute atomic E-state index is 0.462.